The summed E-state index contributed by atoms with van der Waals surface area (Å²) >= 11 is 0. The highest BCUT2D eigenvalue weighted by Crippen LogP contribution is 2.36. The molecule has 5 nitrogen and oxygen atoms in total. The van der Waals surface area contributed by atoms with Crippen LogP contribution in [-0.2, 0) is 6.54 Å². The first kappa shape index (κ1) is 19.2. The fourth-order valence-corrected chi connectivity index (χ4v) is 3.33. The predicted molar refractivity (Wildman–Crippen MR) is 105 cm³/mol. The van der Waals surface area contributed by atoms with E-state index in [9.17, 15) is 13.2 Å². The van der Waals surface area contributed by atoms with E-state index in [-0.39, 0.29) is 17.3 Å². The number of pyridine rings is 1. The number of halogens is 3. The molecule has 0 spiro atoms. The molecule has 0 aliphatic rings. The lowest BCUT2D eigenvalue weighted by atomic mass is 10.0. The van der Waals surface area contributed by atoms with Crippen LogP contribution in [0.4, 0.5) is 13.2 Å². The summed E-state index contributed by atoms with van der Waals surface area (Å²) in [5.74, 6) is -0.476. The van der Waals surface area contributed by atoms with Crippen molar-refractivity contribution in [1.82, 2.24) is 24.5 Å². The Morgan fingerprint density at radius 2 is 1.83 bits per heavy atom. The molecule has 0 aliphatic carbocycles. The van der Waals surface area contributed by atoms with Gasteiger partial charge in [-0.1, -0.05) is 13.8 Å². The molecule has 0 bridgehead atoms. The molecule has 0 saturated heterocycles. The smallest absolute Gasteiger partial charge is 0.264 e. The summed E-state index contributed by atoms with van der Waals surface area (Å²) in [6.07, 6.45) is 0.684. The van der Waals surface area contributed by atoms with Gasteiger partial charge in [0, 0.05) is 23.9 Å². The average molecular weight is 399 g/mol. The van der Waals surface area contributed by atoms with Crippen LogP contribution in [0.2, 0.25) is 0 Å². The second kappa shape index (κ2) is 7.35. The SMILES string of the molecule is CCn1cc(-c2cc(C(F)F)c3c(C(C)C)nn(-c4ccc(F)cc4)c3n2)cn1. The number of rotatable bonds is 5. The van der Waals surface area contributed by atoms with E-state index in [0.717, 1.165) is 0 Å². The van der Waals surface area contributed by atoms with Crippen molar-refractivity contribution in [2.45, 2.75) is 39.7 Å². The molecule has 3 aromatic heterocycles. The lowest BCUT2D eigenvalue weighted by molar-refractivity contribution is 0.153. The van der Waals surface area contributed by atoms with E-state index in [1.807, 2.05) is 20.8 Å². The Morgan fingerprint density at radius 1 is 1.10 bits per heavy atom. The highest BCUT2D eigenvalue weighted by Gasteiger charge is 2.24. The van der Waals surface area contributed by atoms with E-state index in [1.165, 1.54) is 22.9 Å². The second-order valence-electron chi connectivity index (χ2n) is 7.11. The third-order valence-electron chi connectivity index (χ3n) is 4.80. The molecule has 0 atom stereocenters. The van der Waals surface area contributed by atoms with Gasteiger partial charge in [-0.2, -0.15) is 10.2 Å². The first-order valence-corrected chi connectivity index (χ1v) is 9.39. The van der Waals surface area contributed by atoms with Crippen molar-refractivity contribution in [2.24, 2.45) is 0 Å². The number of aromatic nitrogens is 5. The Hall–Kier alpha value is -3.16. The first-order valence-electron chi connectivity index (χ1n) is 9.39. The maximum absolute atomic E-state index is 14.0. The summed E-state index contributed by atoms with van der Waals surface area (Å²) in [7, 11) is 0. The molecule has 4 aromatic rings. The van der Waals surface area contributed by atoms with Gasteiger partial charge in [0.05, 0.1) is 28.7 Å². The minimum absolute atomic E-state index is 0.0906. The number of hydrogen-bond acceptors (Lipinski definition) is 3. The maximum atomic E-state index is 14.0. The summed E-state index contributed by atoms with van der Waals surface area (Å²) < 4.78 is 44.7. The molecule has 3 heterocycles. The number of alkyl halides is 2. The van der Waals surface area contributed by atoms with Gasteiger partial charge in [0.25, 0.3) is 6.43 Å². The molecule has 0 aliphatic heterocycles. The lowest BCUT2D eigenvalue weighted by Crippen LogP contribution is -2.00. The zero-order chi connectivity index (χ0) is 20.7. The third kappa shape index (κ3) is 3.39. The fraction of sp³-hybridized carbons (Fsp3) is 0.286. The van der Waals surface area contributed by atoms with Crippen molar-refractivity contribution in [2.75, 3.05) is 0 Å². The Balaban J connectivity index is 2.04. The van der Waals surface area contributed by atoms with Crippen LogP contribution < -0.4 is 0 Å². The van der Waals surface area contributed by atoms with Crippen LogP contribution in [0.15, 0.2) is 42.7 Å². The van der Waals surface area contributed by atoms with Crippen LogP contribution in [0, 0.1) is 5.82 Å². The van der Waals surface area contributed by atoms with Crippen LogP contribution in [-0.4, -0.2) is 24.5 Å². The van der Waals surface area contributed by atoms with Gasteiger partial charge >= 0.3 is 0 Å². The predicted octanol–water partition coefficient (Wildman–Crippen LogP) is 5.50. The molecule has 0 fully saturated rings. The van der Waals surface area contributed by atoms with Gasteiger partial charge in [0.1, 0.15) is 5.82 Å². The van der Waals surface area contributed by atoms with Gasteiger partial charge in [-0.15, -0.1) is 0 Å². The molecule has 8 heteroatoms. The van der Waals surface area contributed by atoms with E-state index >= 15 is 0 Å². The molecule has 0 saturated carbocycles. The van der Waals surface area contributed by atoms with Gasteiger partial charge in [-0.3, -0.25) is 4.68 Å². The molecule has 29 heavy (non-hydrogen) atoms. The number of benzene rings is 1. The van der Waals surface area contributed by atoms with Crippen molar-refractivity contribution >= 4 is 11.0 Å². The minimum Gasteiger partial charge on any atom is -0.272 e. The van der Waals surface area contributed by atoms with Gasteiger partial charge in [0.2, 0.25) is 0 Å². The number of hydrogen-bond donors (Lipinski definition) is 0. The maximum Gasteiger partial charge on any atom is 0.264 e. The number of aryl methyl sites for hydroxylation is 1. The Morgan fingerprint density at radius 3 is 2.41 bits per heavy atom. The van der Waals surface area contributed by atoms with Crippen molar-refractivity contribution in [3.63, 3.8) is 0 Å². The number of fused-ring (bicyclic) bond motifs is 1. The minimum atomic E-state index is -2.69. The molecule has 1 aromatic carbocycles. The van der Waals surface area contributed by atoms with E-state index in [0.29, 0.717) is 40.2 Å². The van der Waals surface area contributed by atoms with Gasteiger partial charge in [-0.05, 0) is 43.2 Å². The van der Waals surface area contributed by atoms with Crippen LogP contribution in [0.3, 0.4) is 0 Å². The Bertz CT molecular complexity index is 1160. The van der Waals surface area contributed by atoms with Gasteiger partial charge < -0.3 is 0 Å². The van der Waals surface area contributed by atoms with E-state index < -0.39 is 6.43 Å². The van der Waals surface area contributed by atoms with E-state index in [1.54, 1.807) is 29.2 Å². The monoisotopic (exact) mass is 399 g/mol. The lowest BCUT2D eigenvalue weighted by Gasteiger charge is -2.08. The van der Waals surface area contributed by atoms with Crippen molar-refractivity contribution in [1.29, 1.82) is 0 Å². The third-order valence-corrected chi connectivity index (χ3v) is 4.80. The zero-order valence-electron chi connectivity index (χ0n) is 16.3. The summed E-state index contributed by atoms with van der Waals surface area (Å²) in [5, 5.41) is 9.12. The fourth-order valence-electron chi connectivity index (χ4n) is 3.33. The van der Waals surface area contributed by atoms with Crippen LogP contribution in [0.25, 0.3) is 28.0 Å². The molecular formula is C21H20F3N5. The molecular weight excluding hydrogens is 379 g/mol. The topological polar surface area (TPSA) is 48.5 Å². The first-order chi connectivity index (χ1) is 13.9. The van der Waals surface area contributed by atoms with Crippen molar-refractivity contribution in [3.8, 4) is 16.9 Å². The Labute approximate surface area is 165 Å². The van der Waals surface area contributed by atoms with E-state index in [2.05, 4.69) is 15.2 Å². The molecule has 4 rings (SSSR count). The summed E-state index contributed by atoms with van der Waals surface area (Å²) in [5.41, 5.74) is 2.32. The van der Waals surface area contributed by atoms with Crippen LogP contribution in [0.5, 0.6) is 0 Å². The molecule has 0 N–H and O–H groups in total. The molecule has 150 valence electrons. The zero-order valence-corrected chi connectivity index (χ0v) is 16.3. The van der Waals surface area contributed by atoms with Crippen molar-refractivity contribution in [3.05, 3.63) is 59.8 Å². The molecule has 0 radical (unpaired) electrons. The molecule has 0 amide bonds. The Kier molecular flexibility index (Phi) is 4.86. The standard InChI is InChI=1S/C21H20F3N5/c1-4-28-11-13(10-25-28)17-9-16(20(23)24)18-19(12(2)3)27-29(21(18)26-17)15-7-5-14(22)6-8-15/h5-12,20H,4H2,1-3H3. The van der Waals surface area contributed by atoms with Crippen molar-refractivity contribution < 1.29 is 13.2 Å². The average Bonchev–Trinajstić information content (AvgIpc) is 3.32. The summed E-state index contributed by atoms with van der Waals surface area (Å²) in [6, 6.07) is 7.13. The van der Waals surface area contributed by atoms with Gasteiger partial charge in [-0.25, -0.2) is 22.8 Å². The largest absolute Gasteiger partial charge is 0.272 e. The van der Waals surface area contributed by atoms with Crippen LogP contribution >= 0.6 is 0 Å². The summed E-state index contributed by atoms with van der Waals surface area (Å²) in [6.45, 7) is 6.39. The summed E-state index contributed by atoms with van der Waals surface area (Å²) in [4.78, 5) is 4.66. The normalized spacial score (nSPS) is 11.9. The highest BCUT2D eigenvalue weighted by molar-refractivity contribution is 5.87. The van der Waals surface area contributed by atoms with E-state index in [4.69, 9.17) is 0 Å². The van der Waals surface area contributed by atoms with Gasteiger partial charge in [0.15, 0.2) is 5.65 Å². The quantitative estimate of drug-likeness (QED) is 0.445. The second-order valence-corrected chi connectivity index (χ2v) is 7.11. The number of nitrogens with zero attached hydrogens (tertiary/aromatic N) is 5. The van der Waals surface area contributed by atoms with Crippen LogP contribution in [0.1, 0.15) is 44.4 Å². The molecule has 0 unspecified atom stereocenters. The highest BCUT2D eigenvalue weighted by atomic mass is 19.3.